The molecule has 0 aromatic carbocycles. The number of rotatable bonds is 0. The van der Waals surface area contributed by atoms with Crippen molar-refractivity contribution in [1.29, 1.82) is 0 Å². The Morgan fingerprint density at radius 2 is 2.45 bits per heavy atom. The Bertz CT molecular complexity index is 333. The lowest BCUT2D eigenvalue weighted by Crippen LogP contribution is -2.05. The number of carbonyl (C=O) groups excluding carboxylic acids is 1. The van der Waals surface area contributed by atoms with Crippen LogP contribution in [0.4, 0.5) is 5.13 Å². The highest BCUT2D eigenvalue weighted by Gasteiger charge is 1.92. The minimum Gasteiger partial charge on any atom is -0.375 e. The van der Waals surface area contributed by atoms with E-state index in [0.29, 0.717) is 10.0 Å². The molecule has 5 heteroatoms. The second kappa shape index (κ2) is 3.03. The van der Waals surface area contributed by atoms with Gasteiger partial charge in [0, 0.05) is 5.92 Å². The van der Waals surface area contributed by atoms with Gasteiger partial charge in [0.25, 0.3) is 5.91 Å². The van der Waals surface area contributed by atoms with Crippen LogP contribution >= 0.6 is 11.3 Å². The molecule has 1 amide bonds. The molecule has 0 fully saturated rings. The summed E-state index contributed by atoms with van der Waals surface area (Å²) in [6.45, 7) is 0. The first-order valence-corrected chi connectivity index (χ1v) is 3.53. The molecule has 1 rings (SSSR count). The van der Waals surface area contributed by atoms with Gasteiger partial charge in [0.1, 0.15) is 0 Å². The van der Waals surface area contributed by atoms with Crippen molar-refractivity contribution in [3.63, 3.8) is 0 Å². The molecule has 4 N–H and O–H groups in total. The Kier molecular flexibility index (Phi) is 2.09. The summed E-state index contributed by atoms with van der Waals surface area (Å²) in [5.74, 6) is 4.04. The van der Waals surface area contributed by atoms with Crippen molar-refractivity contribution in [2.45, 2.75) is 0 Å². The fraction of sp³-hybridized carbons (Fsp3) is 0. The van der Waals surface area contributed by atoms with Crippen molar-refractivity contribution in [2.24, 2.45) is 5.73 Å². The Hall–Kier alpha value is -1.54. The van der Waals surface area contributed by atoms with Crippen LogP contribution in [0.15, 0.2) is 6.20 Å². The number of hydrogen-bond donors (Lipinski definition) is 2. The van der Waals surface area contributed by atoms with Crippen molar-refractivity contribution in [3.8, 4) is 11.8 Å². The van der Waals surface area contributed by atoms with E-state index in [1.165, 1.54) is 17.5 Å². The number of nitrogens with two attached hydrogens (primary N) is 2. The van der Waals surface area contributed by atoms with Crippen molar-refractivity contribution >= 4 is 22.4 Å². The standard InChI is InChI=1S/C6H5N3OS/c7-5(10)2-1-4-3-9-6(8)11-4/h3H,(H2,7,10)(H2,8,9). The average molecular weight is 167 g/mol. The number of thiazole rings is 1. The number of carbonyl (C=O) groups is 1. The van der Waals surface area contributed by atoms with E-state index in [0.717, 1.165) is 0 Å². The summed E-state index contributed by atoms with van der Waals surface area (Å²) >= 11 is 1.21. The molecular formula is C6H5N3OS. The fourth-order valence-electron chi connectivity index (χ4n) is 0.469. The van der Waals surface area contributed by atoms with Gasteiger partial charge in [-0.05, 0) is 5.92 Å². The number of amides is 1. The van der Waals surface area contributed by atoms with Gasteiger partial charge in [-0.15, -0.1) is 0 Å². The van der Waals surface area contributed by atoms with E-state index < -0.39 is 5.91 Å². The lowest BCUT2D eigenvalue weighted by atomic mass is 10.5. The van der Waals surface area contributed by atoms with Gasteiger partial charge < -0.3 is 11.5 Å². The first kappa shape index (κ1) is 7.57. The zero-order chi connectivity index (χ0) is 8.27. The molecule has 1 aromatic heterocycles. The lowest BCUT2D eigenvalue weighted by Gasteiger charge is -1.73. The Balaban J connectivity index is 2.82. The molecule has 0 radical (unpaired) electrons. The maximum atomic E-state index is 10.2. The van der Waals surface area contributed by atoms with Gasteiger partial charge in [-0.2, -0.15) is 0 Å². The second-order valence-corrected chi connectivity index (χ2v) is 2.74. The normalized spacial score (nSPS) is 8.36. The highest BCUT2D eigenvalue weighted by Crippen LogP contribution is 2.11. The van der Waals surface area contributed by atoms with Crippen LogP contribution in [0.2, 0.25) is 0 Å². The summed E-state index contributed by atoms with van der Waals surface area (Å²) in [6, 6.07) is 0. The molecule has 0 aliphatic heterocycles. The van der Waals surface area contributed by atoms with E-state index >= 15 is 0 Å². The fourth-order valence-corrected chi connectivity index (χ4v) is 1.01. The SMILES string of the molecule is NC(=O)C#Cc1cnc(N)s1. The summed E-state index contributed by atoms with van der Waals surface area (Å²) in [5.41, 5.74) is 10.1. The number of hydrogen-bond acceptors (Lipinski definition) is 4. The molecule has 0 unspecified atom stereocenters. The van der Waals surface area contributed by atoms with Gasteiger partial charge in [-0.3, -0.25) is 4.79 Å². The Labute approximate surface area is 67.2 Å². The largest absolute Gasteiger partial charge is 0.375 e. The van der Waals surface area contributed by atoms with Crippen molar-refractivity contribution in [2.75, 3.05) is 5.73 Å². The topological polar surface area (TPSA) is 82.0 Å². The molecular weight excluding hydrogens is 162 g/mol. The quantitative estimate of drug-likeness (QED) is 0.514. The van der Waals surface area contributed by atoms with Crippen LogP contribution in [-0.4, -0.2) is 10.9 Å². The minimum absolute atomic E-state index is 0.429. The number of primary amides is 1. The van der Waals surface area contributed by atoms with Crippen molar-refractivity contribution in [1.82, 2.24) is 4.98 Å². The van der Waals surface area contributed by atoms with E-state index in [2.05, 4.69) is 16.8 Å². The molecule has 0 spiro atoms. The first-order valence-electron chi connectivity index (χ1n) is 2.71. The molecule has 4 nitrogen and oxygen atoms in total. The van der Waals surface area contributed by atoms with Gasteiger partial charge in [-0.25, -0.2) is 4.98 Å². The van der Waals surface area contributed by atoms with Crippen LogP contribution < -0.4 is 11.5 Å². The third-order valence-corrected chi connectivity index (χ3v) is 1.57. The van der Waals surface area contributed by atoms with Crippen LogP contribution in [0.25, 0.3) is 0 Å². The molecule has 0 aliphatic carbocycles. The van der Waals surface area contributed by atoms with Crippen LogP contribution in [-0.2, 0) is 4.79 Å². The Morgan fingerprint density at radius 3 is 2.91 bits per heavy atom. The van der Waals surface area contributed by atoms with Gasteiger partial charge in [0.15, 0.2) is 5.13 Å². The number of anilines is 1. The predicted molar refractivity (Wildman–Crippen MR) is 42.6 cm³/mol. The third kappa shape index (κ3) is 2.27. The van der Waals surface area contributed by atoms with Gasteiger partial charge >= 0.3 is 0 Å². The molecule has 0 atom stereocenters. The van der Waals surface area contributed by atoms with Crippen LogP contribution in [0.1, 0.15) is 4.88 Å². The van der Waals surface area contributed by atoms with Crippen molar-refractivity contribution in [3.05, 3.63) is 11.1 Å². The number of nitrogen functional groups attached to an aromatic ring is 1. The summed E-state index contributed by atoms with van der Waals surface area (Å²) in [5, 5.41) is 0.429. The van der Waals surface area contributed by atoms with Crippen LogP contribution in [0.3, 0.4) is 0 Å². The lowest BCUT2D eigenvalue weighted by molar-refractivity contribution is -0.112. The first-order chi connectivity index (χ1) is 5.18. The zero-order valence-corrected chi connectivity index (χ0v) is 6.31. The molecule has 1 heterocycles. The monoisotopic (exact) mass is 167 g/mol. The number of nitrogens with zero attached hydrogens (tertiary/aromatic N) is 1. The molecule has 1 aromatic rings. The average Bonchev–Trinajstić information content (AvgIpc) is 2.31. The summed E-state index contributed by atoms with van der Waals surface area (Å²) < 4.78 is 0. The van der Waals surface area contributed by atoms with Gasteiger partial charge in [0.05, 0.1) is 11.1 Å². The Morgan fingerprint density at radius 1 is 1.73 bits per heavy atom. The van der Waals surface area contributed by atoms with E-state index in [1.54, 1.807) is 0 Å². The molecule has 0 saturated heterocycles. The summed E-state index contributed by atoms with van der Waals surface area (Å²) in [7, 11) is 0. The summed E-state index contributed by atoms with van der Waals surface area (Å²) in [4.78, 5) is 14.6. The highest BCUT2D eigenvalue weighted by atomic mass is 32.1. The van der Waals surface area contributed by atoms with Crippen LogP contribution in [0, 0.1) is 11.8 Å². The smallest absolute Gasteiger partial charge is 0.293 e. The molecule has 0 bridgehead atoms. The van der Waals surface area contributed by atoms with E-state index in [-0.39, 0.29) is 0 Å². The van der Waals surface area contributed by atoms with Gasteiger partial charge in [-0.1, -0.05) is 11.3 Å². The maximum Gasteiger partial charge on any atom is 0.293 e. The number of aromatic nitrogens is 1. The molecule has 0 saturated carbocycles. The highest BCUT2D eigenvalue weighted by molar-refractivity contribution is 7.15. The van der Waals surface area contributed by atoms with E-state index in [1.807, 2.05) is 0 Å². The van der Waals surface area contributed by atoms with Crippen molar-refractivity contribution < 1.29 is 4.79 Å². The zero-order valence-electron chi connectivity index (χ0n) is 5.50. The molecule has 0 aliphatic rings. The van der Waals surface area contributed by atoms with Crippen LogP contribution in [0.5, 0.6) is 0 Å². The third-order valence-electron chi connectivity index (χ3n) is 0.832. The van der Waals surface area contributed by atoms with Gasteiger partial charge in [0.2, 0.25) is 0 Å². The predicted octanol–water partition coefficient (Wildman–Crippen LogP) is -0.438. The second-order valence-electron chi connectivity index (χ2n) is 1.68. The van der Waals surface area contributed by atoms with E-state index in [9.17, 15) is 4.79 Å². The molecule has 56 valence electrons. The minimum atomic E-state index is -0.656. The molecule has 11 heavy (non-hydrogen) atoms. The summed E-state index contributed by atoms with van der Waals surface area (Å²) in [6.07, 6.45) is 1.50. The maximum absolute atomic E-state index is 10.2. The van der Waals surface area contributed by atoms with E-state index in [4.69, 9.17) is 11.5 Å².